The first-order valence-electron chi connectivity index (χ1n) is 9.70. The zero-order valence-electron chi connectivity index (χ0n) is 18.0. The smallest absolute Gasteiger partial charge is 0.336 e. The van der Waals surface area contributed by atoms with Gasteiger partial charge in [-0.2, -0.15) is 0 Å². The average Bonchev–Trinajstić information content (AvgIpc) is 2.65. The number of rotatable bonds is 5. The Morgan fingerprint density at radius 1 is 1.21 bits per heavy atom. The third kappa shape index (κ3) is 3.94. The van der Waals surface area contributed by atoms with Gasteiger partial charge < -0.3 is 19.5 Å². The van der Waals surface area contributed by atoms with Crippen LogP contribution in [0.2, 0.25) is 0 Å². The standard InChI is InChI=1S/C23H29NO5/c1-13-19(22(26)29-6)20(14-7-8-18(28-5)15(9-14)12-27-4)21-16(24-13)10-23(2,3)11-17(21)25/h7-9,20,24H,10-12H2,1-6H3/t20-/m1/s1. The number of hydrogen-bond donors (Lipinski definition) is 1. The van der Waals surface area contributed by atoms with Crippen molar-refractivity contribution in [1.82, 2.24) is 5.32 Å². The molecule has 0 radical (unpaired) electrons. The molecule has 0 saturated heterocycles. The Kier molecular flexibility index (Phi) is 5.85. The Morgan fingerprint density at radius 2 is 1.93 bits per heavy atom. The van der Waals surface area contributed by atoms with Gasteiger partial charge in [-0.1, -0.05) is 19.9 Å². The van der Waals surface area contributed by atoms with Crippen molar-refractivity contribution in [3.63, 3.8) is 0 Å². The summed E-state index contributed by atoms with van der Waals surface area (Å²) >= 11 is 0. The first kappa shape index (κ1) is 21.1. The molecule has 1 aliphatic heterocycles. The Hall–Kier alpha value is -2.60. The highest BCUT2D eigenvalue weighted by atomic mass is 16.5. The van der Waals surface area contributed by atoms with Crippen LogP contribution in [0.1, 0.15) is 50.7 Å². The van der Waals surface area contributed by atoms with E-state index >= 15 is 0 Å². The molecule has 0 fully saturated rings. The van der Waals surface area contributed by atoms with Crippen molar-refractivity contribution in [2.45, 2.75) is 46.1 Å². The lowest BCUT2D eigenvalue weighted by molar-refractivity contribution is -0.136. The number of hydrogen-bond acceptors (Lipinski definition) is 6. The van der Waals surface area contributed by atoms with E-state index in [9.17, 15) is 9.59 Å². The lowest BCUT2D eigenvalue weighted by Crippen LogP contribution is -2.38. The monoisotopic (exact) mass is 399 g/mol. The largest absolute Gasteiger partial charge is 0.496 e. The van der Waals surface area contributed by atoms with E-state index in [2.05, 4.69) is 19.2 Å². The van der Waals surface area contributed by atoms with E-state index in [-0.39, 0.29) is 11.2 Å². The maximum Gasteiger partial charge on any atom is 0.336 e. The quantitative estimate of drug-likeness (QED) is 0.763. The van der Waals surface area contributed by atoms with Gasteiger partial charge in [-0.15, -0.1) is 0 Å². The Bertz CT molecular complexity index is 910. The molecule has 6 heteroatoms. The zero-order chi connectivity index (χ0) is 21.3. The van der Waals surface area contributed by atoms with Gasteiger partial charge in [-0.25, -0.2) is 4.79 Å². The van der Waals surface area contributed by atoms with Gasteiger partial charge in [0.2, 0.25) is 0 Å². The molecule has 29 heavy (non-hydrogen) atoms. The fraction of sp³-hybridized carbons (Fsp3) is 0.478. The maximum absolute atomic E-state index is 13.2. The van der Waals surface area contributed by atoms with Gasteiger partial charge in [-0.3, -0.25) is 4.79 Å². The van der Waals surface area contributed by atoms with Gasteiger partial charge in [0.1, 0.15) is 5.75 Å². The predicted molar refractivity (Wildman–Crippen MR) is 109 cm³/mol. The molecule has 0 saturated carbocycles. The van der Waals surface area contributed by atoms with Crippen LogP contribution in [0.25, 0.3) is 0 Å². The number of ether oxygens (including phenoxy) is 3. The molecule has 0 spiro atoms. The fourth-order valence-corrected chi connectivity index (χ4v) is 4.40. The van der Waals surface area contributed by atoms with Crippen LogP contribution in [-0.2, 0) is 25.7 Å². The van der Waals surface area contributed by atoms with E-state index in [0.717, 1.165) is 28.9 Å². The number of Topliss-reactive ketones (excluding diaryl/α,β-unsaturated/α-hetero) is 1. The first-order chi connectivity index (χ1) is 13.7. The summed E-state index contributed by atoms with van der Waals surface area (Å²) in [4.78, 5) is 25.9. The number of nitrogens with one attached hydrogen (secondary N) is 1. The molecule has 156 valence electrons. The van der Waals surface area contributed by atoms with Crippen molar-refractivity contribution in [3.8, 4) is 5.75 Å². The van der Waals surface area contributed by atoms with Crippen molar-refractivity contribution in [2.24, 2.45) is 5.41 Å². The van der Waals surface area contributed by atoms with Crippen LogP contribution in [0.4, 0.5) is 0 Å². The molecule has 1 aromatic rings. The molecule has 1 atom stereocenters. The van der Waals surface area contributed by atoms with E-state index in [1.54, 1.807) is 14.2 Å². The highest BCUT2D eigenvalue weighted by Gasteiger charge is 2.43. The van der Waals surface area contributed by atoms with Crippen LogP contribution in [0.3, 0.4) is 0 Å². The summed E-state index contributed by atoms with van der Waals surface area (Å²) in [6.45, 7) is 6.40. The van der Waals surface area contributed by atoms with Crippen LogP contribution < -0.4 is 10.1 Å². The molecule has 0 aromatic heterocycles. The molecule has 1 aliphatic carbocycles. The lowest BCUT2D eigenvalue weighted by Gasteiger charge is -2.39. The molecule has 0 unspecified atom stereocenters. The second-order valence-electron chi connectivity index (χ2n) is 8.43. The number of carbonyl (C=O) groups is 2. The number of ketones is 1. The minimum atomic E-state index is -0.483. The van der Waals surface area contributed by atoms with Gasteiger partial charge >= 0.3 is 5.97 Å². The molecule has 1 heterocycles. The zero-order valence-corrected chi connectivity index (χ0v) is 18.0. The number of methoxy groups -OCH3 is 3. The third-order valence-electron chi connectivity index (χ3n) is 5.58. The van der Waals surface area contributed by atoms with Crippen molar-refractivity contribution in [1.29, 1.82) is 0 Å². The average molecular weight is 399 g/mol. The summed E-state index contributed by atoms with van der Waals surface area (Å²) in [6, 6.07) is 5.71. The van der Waals surface area contributed by atoms with Crippen LogP contribution in [0.15, 0.2) is 40.7 Å². The van der Waals surface area contributed by atoms with E-state index in [1.165, 1.54) is 7.11 Å². The maximum atomic E-state index is 13.2. The van der Waals surface area contributed by atoms with E-state index in [0.29, 0.717) is 29.9 Å². The Labute approximate surface area is 171 Å². The minimum Gasteiger partial charge on any atom is -0.496 e. The summed E-state index contributed by atoms with van der Waals surface area (Å²) in [5, 5.41) is 3.32. The number of benzene rings is 1. The topological polar surface area (TPSA) is 73.9 Å². The van der Waals surface area contributed by atoms with Crippen LogP contribution in [-0.4, -0.2) is 33.1 Å². The van der Waals surface area contributed by atoms with E-state index < -0.39 is 11.9 Å². The number of allylic oxidation sites excluding steroid dienone is 3. The molecule has 6 nitrogen and oxygen atoms in total. The highest BCUT2D eigenvalue weighted by molar-refractivity contribution is 6.04. The van der Waals surface area contributed by atoms with Gasteiger partial charge in [0, 0.05) is 42.0 Å². The summed E-state index contributed by atoms with van der Waals surface area (Å²) in [6.07, 6.45) is 1.19. The van der Waals surface area contributed by atoms with Crippen LogP contribution >= 0.6 is 0 Å². The van der Waals surface area contributed by atoms with Gasteiger partial charge in [0.25, 0.3) is 0 Å². The number of carbonyl (C=O) groups excluding carboxylic acids is 2. The summed E-state index contributed by atoms with van der Waals surface area (Å²) < 4.78 is 15.8. The van der Waals surface area contributed by atoms with Crippen molar-refractivity contribution in [3.05, 3.63) is 51.9 Å². The normalized spacial score (nSPS) is 20.9. The Balaban J connectivity index is 2.21. The molecule has 2 aliphatic rings. The first-order valence-corrected chi connectivity index (χ1v) is 9.70. The highest BCUT2D eigenvalue weighted by Crippen LogP contribution is 2.47. The molecule has 0 bridgehead atoms. The van der Waals surface area contributed by atoms with Gasteiger partial charge in [0.05, 0.1) is 26.4 Å². The Morgan fingerprint density at radius 3 is 2.55 bits per heavy atom. The minimum absolute atomic E-state index is 0.0618. The van der Waals surface area contributed by atoms with Crippen molar-refractivity contribution in [2.75, 3.05) is 21.3 Å². The van der Waals surface area contributed by atoms with Crippen LogP contribution in [0, 0.1) is 5.41 Å². The number of dihydropyridines is 1. The fourth-order valence-electron chi connectivity index (χ4n) is 4.40. The second kappa shape index (κ2) is 8.03. The van der Waals surface area contributed by atoms with Gasteiger partial charge in [0.15, 0.2) is 5.78 Å². The molecule has 3 rings (SSSR count). The van der Waals surface area contributed by atoms with Crippen LogP contribution in [0.5, 0.6) is 5.75 Å². The summed E-state index contributed by atoms with van der Waals surface area (Å²) in [7, 11) is 4.59. The van der Waals surface area contributed by atoms with E-state index in [4.69, 9.17) is 14.2 Å². The molecular formula is C23H29NO5. The summed E-state index contributed by atoms with van der Waals surface area (Å²) in [5.41, 5.74) is 4.31. The molecule has 1 aromatic carbocycles. The SMILES string of the molecule is COCc1cc([C@@H]2C(C(=O)OC)=C(C)NC3=C2C(=O)CC(C)(C)C3)ccc1OC. The lowest BCUT2D eigenvalue weighted by atomic mass is 9.68. The second-order valence-corrected chi connectivity index (χ2v) is 8.43. The molecule has 1 N–H and O–H groups in total. The molecule has 0 amide bonds. The molecular weight excluding hydrogens is 370 g/mol. The van der Waals surface area contributed by atoms with Gasteiger partial charge in [-0.05, 0) is 36.5 Å². The van der Waals surface area contributed by atoms with Crippen molar-refractivity contribution < 1.29 is 23.8 Å². The summed E-state index contributed by atoms with van der Waals surface area (Å²) in [5.74, 6) is -0.154. The predicted octanol–water partition coefficient (Wildman–Crippen LogP) is 3.62. The number of esters is 1. The van der Waals surface area contributed by atoms with E-state index in [1.807, 2.05) is 25.1 Å². The third-order valence-corrected chi connectivity index (χ3v) is 5.58. The van der Waals surface area contributed by atoms with Crippen molar-refractivity contribution >= 4 is 11.8 Å².